The summed E-state index contributed by atoms with van der Waals surface area (Å²) < 4.78 is 1.22. The lowest BCUT2D eigenvalue weighted by Gasteiger charge is -2.40. The Hall–Kier alpha value is -1.62. The largest absolute Gasteiger partial charge is 0.346 e. The lowest BCUT2D eigenvalue weighted by Crippen LogP contribution is -2.54. The van der Waals surface area contributed by atoms with E-state index in [0.29, 0.717) is 5.91 Å². The van der Waals surface area contributed by atoms with E-state index in [4.69, 9.17) is 0 Å². The molecule has 1 aromatic heterocycles. The third kappa shape index (κ3) is 2.58. The molecule has 2 saturated heterocycles. The zero-order valence-electron chi connectivity index (χ0n) is 12.7. The molecule has 0 bridgehead atoms. The number of anilines is 1. The Kier molecular flexibility index (Phi) is 3.74. The molecule has 4 nitrogen and oxygen atoms in total. The maximum Gasteiger partial charge on any atom is 0.229 e. The van der Waals surface area contributed by atoms with Crippen molar-refractivity contribution in [3.05, 3.63) is 24.3 Å². The fourth-order valence-corrected chi connectivity index (χ4v) is 4.32. The number of hydrogen-bond donors (Lipinski definition) is 0. The number of carbonyl (C=O) groups excluding carboxylic acids is 1. The van der Waals surface area contributed by atoms with Gasteiger partial charge in [0.1, 0.15) is 0 Å². The molecule has 0 N–H and O–H groups in total. The van der Waals surface area contributed by atoms with Gasteiger partial charge in [0.2, 0.25) is 5.91 Å². The van der Waals surface area contributed by atoms with Gasteiger partial charge in [0.25, 0.3) is 0 Å². The van der Waals surface area contributed by atoms with E-state index in [1.54, 1.807) is 11.3 Å². The highest BCUT2D eigenvalue weighted by atomic mass is 32.1. The zero-order valence-corrected chi connectivity index (χ0v) is 13.5. The van der Waals surface area contributed by atoms with Crippen molar-refractivity contribution < 1.29 is 4.79 Å². The maximum atomic E-state index is 12.6. The summed E-state index contributed by atoms with van der Waals surface area (Å²) in [6.07, 6.45) is 4.87. The van der Waals surface area contributed by atoms with E-state index in [1.807, 2.05) is 12.1 Å². The highest BCUT2D eigenvalue weighted by Crippen LogP contribution is 2.33. The summed E-state index contributed by atoms with van der Waals surface area (Å²) in [4.78, 5) is 21.6. The van der Waals surface area contributed by atoms with Crippen LogP contribution in [0.2, 0.25) is 0 Å². The zero-order chi connectivity index (χ0) is 14.9. The summed E-state index contributed by atoms with van der Waals surface area (Å²) in [6.45, 7) is 3.57. The Balaban J connectivity index is 1.39. The van der Waals surface area contributed by atoms with Crippen LogP contribution in [-0.2, 0) is 4.79 Å². The molecule has 0 unspecified atom stereocenters. The highest BCUT2D eigenvalue weighted by molar-refractivity contribution is 7.22. The van der Waals surface area contributed by atoms with Crippen LogP contribution in [0.4, 0.5) is 5.13 Å². The Bertz CT molecular complexity index is 636. The van der Waals surface area contributed by atoms with Gasteiger partial charge in [0.15, 0.2) is 5.13 Å². The van der Waals surface area contributed by atoms with Gasteiger partial charge in [-0.2, -0.15) is 0 Å². The predicted octanol–water partition coefficient (Wildman–Crippen LogP) is 3.14. The lowest BCUT2D eigenvalue weighted by molar-refractivity contribution is -0.136. The molecule has 4 rings (SSSR count). The first-order valence-electron chi connectivity index (χ1n) is 8.20. The van der Waals surface area contributed by atoms with Crippen LogP contribution in [0.3, 0.4) is 0 Å². The molecule has 2 fully saturated rings. The topological polar surface area (TPSA) is 36.4 Å². The molecule has 5 heteroatoms. The van der Waals surface area contributed by atoms with Crippen molar-refractivity contribution >= 4 is 32.6 Å². The average molecular weight is 315 g/mol. The van der Waals surface area contributed by atoms with Crippen molar-refractivity contribution in [2.24, 2.45) is 5.92 Å². The minimum absolute atomic E-state index is 0.171. The van der Waals surface area contributed by atoms with Gasteiger partial charge in [0, 0.05) is 26.2 Å². The van der Waals surface area contributed by atoms with Crippen molar-refractivity contribution in [2.45, 2.75) is 25.7 Å². The number of aromatic nitrogens is 1. The van der Waals surface area contributed by atoms with Crippen LogP contribution in [0.5, 0.6) is 0 Å². The standard InChI is InChI=1S/C17H21N3OS/c21-16(19-9-5-1-2-6-10-19)13-11-20(12-13)17-18-14-7-3-4-8-15(14)22-17/h3-4,7-8,13H,1-2,5-6,9-12H2. The van der Waals surface area contributed by atoms with Crippen molar-refractivity contribution in [3.8, 4) is 0 Å². The molecule has 1 aromatic carbocycles. The number of benzene rings is 1. The molecule has 0 saturated carbocycles. The lowest BCUT2D eigenvalue weighted by atomic mass is 9.99. The molecule has 0 spiro atoms. The molecular weight excluding hydrogens is 294 g/mol. The Morgan fingerprint density at radius 2 is 1.82 bits per heavy atom. The number of rotatable bonds is 2. The summed E-state index contributed by atoms with van der Waals surface area (Å²) in [6, 6.07) is 8.23. The monoisotopic (exact) mass is 315 g/mol. The first-order chi connectivity index (χ1) is 10.8. The van der Waals surface area contributed by atoms with Crippen LogP contribution in [0.25, 0.3) is 10.2 Å². The number of thiazole rings is 1. The Morgan fingerprint density at radius 3 is 2.55 bits per heavy atom. The number of para-hydroxylation sites is 1. The number of likely N-dealkylation sites (tertiary alicyclic amines) is 1. The first-order valence-corrected chi connectivity index (χ1v) is 9.02. The van der Waals surface area contributed by atoms with Crippen molar-refractivity contribution in [1.82, 2.24) is 9.88 Å². The summed E-state index contributed by atoms with van der Waals surface area (Å²) in [5, 5.41) is 1.06. The minimum Gasteiger partial charge on any atom is -0.346 e. The van der Waals surface area contributed by atoms with Crippen LogP contribution < -0.4 is 4.90 Å². The van der Waals surface area contributed by atoms with Gasteiger partial charge in [-0.05, 0) is 25.0 Å². The second-order valence-corrected chi connectivity index (χ2v) is 7.31. The third-order valence-corrected chi connectivity index (χ3v) is 5.80. The molecule has 1 amide bonds. The van der Waals surface area contributed by atoms with E-state index >= 15 is 0 Å². The second-order valence-electron chi connectivity index (χ2n) is 6.31. The van der Waals surface area contributed by atoms with Crippen molar-refractivity contribution in [1.29, 1.82) is 0 Å². The Morgan fingerprint density at radius 1 is 1.09 bits per heavy atom. The highest BCUT2D eigenvalue weighted by Gasteiger charge is 2.36. The molecular formula is C17H21N3OS. The van der Waals surface area contributed by atoms with E-state index in [-0.39, 0.29) is 5.92 Å². The third-order valence-electron chi connectivity index (χ3n) is 4.70. The van der Waals surface area contributed by atoms with E-state index in [1.165, 1.54) is 30.4 Å². The molecule has 22 heavy (non-hydrogen) atoms. The SMILES string of the molecule is O=C(C1CN(c2nc3ccccc3s2)C1)N1CCCCCC1. The van der Waals surface area contributed by atoms with Crippen molar-refractivity contribution in [2.75, 3.05) is 31.1 Å². The molecule has 116 valence electrons. The summed E-state index contributed by atoms with van der Waals surface area (Å²) in [5.74, 6) is 0.532. The average Bonchev–Trinajstić information content (AvgIpc) is 2.71. The second kappa shape index (κ2) is 5.88. The maximum absolute atomic E-state index is 12.6. The first kappa shape index (κ1) is 14.0. The normalized spacial score (nSPS) is 20.0. The molecule has 0 aliphatic carbocycles. The molecule has 0 atom stereocenters. The minimum atomic E-state index is 0.171. The van der Waals surface area contributed by atoms with Crippen LogP contribution in [0, 0.1) is 5.92 Å². The fourth-order valence-electron chi connectivity index (χ4n) is 3.34. The van der Waals surface area contributed by atoms with Crippen LogP contribution in [0.15, 0.2) is 24.3 Å². The molecule has 3 heterocycles. The van der Waals surface area contributed by atoms with Gasteiger partial charge in [-0.1, -0.05) is 36.3 Å². The quantitative estimate of drug-likeness (QED) is 0.854. The van der Waals surface area contributed by atoms with Crippen molar-refractivity contribution in [3.63, 3.8) is 0 Å². The van der Waals surface area contributed by atoms with Gasteiger partial charge in [-0.25, -0.2) is 4.98 Å². The van der Waals surface area contributed by atoms with Crippen LogP contribution >= 0.6 is 11.3 Å². The van der Waals surface area contributed by atoms with Gasteiger partial charge in [0.05, 0.1) is 16.1 Å². The van der Waals surface area contributed by atoms with E-state index in [9.17, 15) is 4.79 Å². The van der Waals surface area contributed by atoms with Gasteiger partial charge >= 0.3 is 0 Å². The van der Waals surface area contributed by atoms with E-state index < -0.39 is 0 Å². The number of fused-ring (bicyclic) bond motifs is 1. The predicted molar refractivity (Wildman–Crippen MR) is 90.4 cm³/mol. The van der Waals surface area contributed by atoms with E-state index in [0.717, 1.165) is 36.8 Å². The van der Waals surface area contributed by atoms with Gasteiger partial charge in [-0.3, -0.25) is 4.79 Å². The number of nitrogens with zero attached hydrogens (tertiary/aromatic N) is 3. The molecule has 2 aliphatic rings. The number of hydrogen-bond acceptors (Lipinski definition) is 4. The van der Waals surface area contributed by atoms with Gasteiger partial charge < -0.3 is 9.80 Å². The summed E-state index contributed by atoms with van der Waals surface area (Å²) >= 11 is 1.72. The Labute approximate surface area is 134 Å². The number of carbonyl (C=O) groups is 1. The molecule has 2 aromatic rings. The van der Waals surface area contributed by atoms with E-state index in [2.05, 4.69) is 26.9 Å². The molecule has 2 aliphatic heterocycles. The smallest absolute Gasteiger partial charge is 0.229 e. The molecule has 0 radical (unpaired) electrons. The fraction of sp³-hybridized carbons (Fsp3) is 0.529. The summed E-state index contributed by atoms with van der Waals surface area (Å²) in [5.41, 5.74) is 1.06. The van der Waals surface area contributed by atoms with Crippen LogP contribution in [0.1, 0.15) is 25.7 Å². The number of amides is 1. The van der Waals surface area contributed by atoms with Gasteiger partial charge in [-0.15, -0.1) is 0 Å². The summed E-state index contributed by atoms with van der Waals surface area (Å²) in [7, 11) is 0. The van der Waals surface area contributed by atoms with Crippen LogP contribution in [-0.4, -0.2) is 42.0 Å².